The predicted octanol–water partition coefficient (Wildman–Crippen LogP) is 4.41. The topological polar surface area (TPSA) is 47.4 Å². The largest absolute Gasteiger partial charge is 0.489 e. The standard InChI is InChI=1S/C21H22ClN3O2/c1-3-25-19(11-12-23-25)14-24(2)21(26)17-9-7-16(8-10-17)15-27-20-6-4-5-18(22)13-20/h4-13H,3,14-15H2,1-2H3. The van der Waals surface area contributed by atoms with Crippen molar-refractivity contribution < 1.29 is 9.53 Å². The molecule has 0 radical (unpaired) electrons. The second kappa shape index (κ2) is 8.73. The lowest BCUT2D eigenvalue weighted by atomic mass is 10.1. The smallest absolute Gasteiger partial charge is 0.253 e. The van der Waals surface area contributed by atoms with E-state index in [0.717, 1.165) is 23.6 Å². The van der Waals surface area contributed by atoms with Gasteiger partial charge in [-0.3, -0.25) is 9.48 Å². The summed E-state index contributed by atoms with van der Waals surface area (Å²) in [5.41, 5.74) is 2.64. The molecule has 0 N–H and O–H groups in total. The van der Waals surface area contributed by atoms with Crippen molar-refractivity contribution in [2.24, 2.45) is 0 Å². The van der Waals surface area contributed by atoms with Crippen LogP contribution in [0.15, 0.2) is 60.8 Å². The fraction of sp³-hybridized carbons (Fsp3) is 0.238. The number of aromatic nitrogens is 2. The highest BCUT2D eigenvalue weighted by Gasteiger charge is 2.14. The Kier molecular flexibility index (Phi) is 6.14. The third-order valence-electron chi connectivity index (χ3n) is 4.25. The van der Waals surface area contributed by atoms with E-state index in [-0.39, 0.29) is 5.91 Å². The maximum atomic E-state index is 12.6. The fourth-order valence-corrected chi connectivity index (χ4v) is 2.96. The van der Waals surface area contributed by atoms with E-state index in [1.165, 1.54) is 0 Å². The Hall–Kier alpha value is -2.79. The van der Waals surface area contributed by atoms with Crippen molar-refractivity contribution in [3.8, 4) is 5.75 Å². The number of carbonyl (C=O) groups excluding carboxylic acids is 1. The number of aryl methyl sites for hydroxylation is 1. The summed E-state index contributed by atoms with van der Waals surface area (Å²) in [6, 6.07) is 16.7. The number of halogens is 1. The highest BCUT2D eigenvalue weighted by molar-refractivity contribution is 6.30. The van der Waals surface area contributed by atoms with Crippen LogP contribution >= 0.6 is 11.6 Å². The van der Waals surface area contributed by atoms with Crippen LogP contribution in [0.3, 0.4) is 0 Å². The number of carbonyl (C=O) groups is 1. The molecule has 1 aromatic heterocycles. The van der Waals surface area contributed by atoms with Crippen molar-refractivity contribution in [2.45, 2.75) is 26.6 Å². The summed E-state index contributed by atoms with van der Waals surface area (Å²) in [4.78, 5) is 14.3. The van der Waals surface area contributed by atoms with Crippen LogP contribution in [0.2, 0.25) is 5.02 Å². The van der Waals surface area contributed by atoms with E-state index in [2.05, 4.69) is 5.10 Å². The Morgan fingerprint density at radius 1 is 1.19 bits per heavy atom. The predicted molar refractivity (Wildman–Crippen MR) is 106 cm³/mol. The number of rotatable bonds is 7. The van der Waals surface area contributed by atoms with Crippen LogP contribution in [-0.4, -0.2) is 27.6 Å². The molecule has 3 aromatic rings. The first kappa shape index (κ1) is 19.0. The molecule has 5 nitrogen and oxygen atoms in total. The van der Waals surface area contributed by atoms with Crippen LogP contribution in [0.5, 0.6) is 5.75 Å². The normalized spacial score (nSPS) is 10.6. The lowest BCUT2D eigenvalue weighted by Gasteiger charge is -2.18. The number of hydrogen-bond acceptors (Lipinski definition) is 3. The zero-order chi connectivity index (χ0) is 19.2. The lowest BCUT2D eigenvalue weighted by molar-refractivity contribution is 0.0781. The van der Waals surface area contributed by atoms with Crippen molar-refractivity contribution in [3.05, 3.63) is 82.6 Å². The van der Waals surface area contributed by atoms with E-state index in [1.807, 2.05) is 54.1 Å². The van der Waals surface area contributed by atoms with Gasteiger partial charge in [0.15, 0.2) is 0 Å². The molecule has 0 aliphatic carbocycles. The first-order chi connectivity index (χ1) is 13.1. The molecular weight excluding hydrogens is 362 g/mol. The fourth-order valence-electron chi connectivity index (χ4n) is 2.78. The van der Waals surface area contributed by atoms with Gasteiger partial charge in [-0.2, -0.15) is 5.10 Å². The lowest BCUT2D eigenvalue weighted by Crippen LogP contribution is -2.27. The first-order valence-electron chi connectivity index (χ1n) is 8.80. The van der Waals surface area contributed by atoms with Crippen LogP contribution in [0, 0.1) is 0 Å². The van der Waals surface area contributed by atoms with Gasteiger partial charge in [0.2, 0.25) is 0 Å². The van der Waals surface area contributed by atoms with Gasteiger partial charge < -0.3 is 9.64 Å². The van der Waals surface area contributed by atoms with Gasteiger partial charge in [-0.1, -0.05) is 29.8 Å². The summed E-state index contributed by atoms with van der Waals surface area (Å²) in [5.74, 6) is 0.691. The van der Waals surface area contributed by atoms with Gasteiger partial charge in [0, 0.05) is 30.4 Å². The van der Waals surface area contributed by atoms with E-state index in [4.69, 9.17) is 16.3 Å². The minimum atomic E-state index is -0.0267. The molecule has 0 atom stereocenters. The number of benzene rings is 2. The first-order valence-corrected chi connectivity index (χ1v) is 9.18. The van der Waals surface area contributed by atoms with Crippen LogP contribution in [-0.2, 0) is 19.7 Å². The molecule has 0 aliphatic rings. The van der Waals surface area contributed by atoms with Crippen LogP contribution in [0.4, 0.5) is 0 Å². The van der Waals surface area contributed by atoms with Gasteiger partial charge in [0.25, 0.3) is 5.91 Å². The van der Waals surface area contributed by atoms with Gasteiger partial charge in [-0.05, 0) is 48.9 Å². The molecule has 140 valence electrons. The molecule has 0 saturated heterocycles. The number of nitrogens with zero attached hydrogens (tertiary/aromatic N) is 3. The zero-order valence-electron chi connectivity index (χ0n) is 15.4. The number of ether oxygens (including phenoxy) is 1. The third kappa shape index (κ3) is 4.89. The SMILES string of the molecule is CCn1nccc1CN(C)C(=O)c1ccc(COc2cccc(Cl)c2)cc1. The van der Waals surface area contributed by atoms with Crippen molar-refractivity contribution in [1.29, 1.82) is 0 Å². The van der Waals surface area contributed by atoms with E-state index in [9.17, 15) is 4.79 Å². The van der Waals surface area contributed by atoms with Crippen molar-refractivity contribution in [3.63, 3.8) is 0 Å². The van der Waals surface area contributed by atoms with Gasteiger partial charge >= 0.3 is 0 Å². The molecule has 0 bridgehead atoms. The van der Waals surface area contributed by atoms with Crippen LogP contribution in [0.25, 0.3) is 0 Å². The van der Waals surface area contributed by atoms with E-state index in [1.54, 1.807) is 30.3 Å². The van der Waals surface area contributed by atoms with Crippen molar-refractivity contribution >= 4 is 17.5 Å². The third-order valence-corrected chi connectivity index (χ3v) is 4.49. The molecule has 27 heavy (non-hydrogen) atoms. The van der Waals surface area contributed by atoms with Crippen molar-refractivity contribution in [2.75, 3.05) is 7.05 Å². The van der Waals surface area contributed by atoms with Crippen LogP contribution in [0.1, 0.15) is 28.5 Å². The number of amides is 1. The second-order valence-corrected chi connectivity index (χ2v) is 6.68. The average molecular weight is 384 g/mol. The van der Waals surface area contributed by atoms with E-state index < -0.39 is 0 Å². The zero-order valence-corrected chi connectivity index (χ0v) is 16.2. The maximum absolute atomic E-state index is 12.6. The Morgan fingerprint density at radius 2 is 1.96 bits per heavy atom. The van der Waals surface area contributed by atoms with Crippen molar-refractivity contribution in [1.82, 2.24) is 14.7 Å². The Morgan fingerprint density at radius 3 is 2.67 bits per heavy atom. The summed E-state index contributed by atoms with van der Waals surface area (Å²) in [5, 5.41) is 4.88. The summed E-state index contributed by atoms with van der Waals surface area (Å²) < 4.78 is 7.62. The minimum Gasteiger partial charge on any atom is -0.489 e. The Labute approximate surface area is 164 Å². The molecular formula is C21H22ClN3O2. The molecule has 0 aliphatic heterocycles. The quantitative estimate of drug-likeness (QED) is 0.607. The van der Waals surface area contributed by atoms with E-state index >= 15 is 0 Å². The minimum absolute atomic E-state index is 0.0267. The van der Waals surface area contributed by atoms with Crippen LogP contribution < -0.4 is 4.74 Å². The molecule has 6 heteroatoms. The molecule has 1 amide bonds. The molecule has 0 spiro atoms. The number of hydrogen-bond donors (Lipinski definition) is 0. The highest BCUT2D eigenvalue weighted by atomic mass is 35.5. The molecule has 3 rings (SSSR count). The van der Waals surface area contributed by atoms with Gasteiger partial charge in [0.05, 0.1) is 12.2 Å². The van der Waals surface area contributed by atoms with E-state index in [0.29, 0.717) is 23.7 Å². The Balaban J connectivity index is 1.59. The van der Waals surface area contributed by atoms with Gasteiger partial charge in [-0.25, -0.2) is 0 Å². The molecule has 0 fully saturated rings. The molecule has 2 aromatic carbocycles. The summed E-state index contributed by atoms with van der Waals surface area (Å²) in [7, 11) is 1.80. The highest BCUT2D eigenvalue weighted by Crippen LogP contribution is 2.18. The molecule has 0 unspecified atom stereocenters. The Bertz CT molecular complexity index is 906. The summed E-state index contributed by atoms with van der Waals surface area (Å²) in [6.07, 6.45) is 1.76. The summed E-state index contributed by atoms with van der Waals surface area (Å²) in [6.45, 7) is 3.75. The van der Waals surface area contributed by atoms with Gasteiger partial charge in [-0.15, -0.1) is 0 Å². The summed E-state index contributed by atoms with van der Waals surface area (Å²) >= 11 is 5.95. The maximum Gasteiger partial charge on any atom is 0.253 e. The second-order valence-electron chi connectivity index (χ2n) is 6.24. The molecule has 0 saturated carbocycles. The van der Waals surface area contributed by atoms with Gasteiger partial charge in [0.1, 0.15) is 12.4 Å². The molecule has 1 heterocycles. The monoisotopic (exact) mass is 383 g/mol. The average Bonchev–Trinajstić information content (AvgIpc) is 3.13.